The third-order valence-electron chi connectivity index (χ3n) is 4.87. The maximum absolute atomic E-state index is 12.1. The van der Waals surface area contributed by atoms with Crippen LogP contribution >= 0.6 is 15.9 Å². The summed E-state index contributed by atoms with van der Waals surface area (Å²) in [4.78, 5) is 48.5. The molecule has 0 aliphatic carbocycles. The number of aliphatic hydroxyl groups is 2. The molecule has 0 saturated carbocycles. The van der Waals surface area contributed by atoms with Crippen LogP contribution in [0.5, 0.6) is 5.75 Å². The van der Waals surface area contributed by atoms with E-state index in [4.69, 9.17) is 14.2 Å². The van der Waals surface area contributed by atoms with E-state index in [0.29, 0.717) is 21.4 Å². The van der Waals surface area contributed by atoms with E-state index in [1.165, 1.54) is 12.1 Å². The summed E-state index contributed by atoms with van der Waals surface area (Å²) >= 11 is 3.34. The number of nitrogens with zero attached hydrogens (tertiary/aromatic N) is 2. The standard InChI is InChI=1S/C24H22BrN3O10/c25-16-5-1-14(2-6-16)22(27-35)15-3-7-17(8-4-15)37-20(31)10-9-19(30)36-13-21(32)38-24(34)28-12-11-18(29)26-23(28)33/h1-8,11-12,21,24,32,34-35H,9-10,13H2,(H,26,29,33)/b27-22+. The Kier molecular flexibility index (Phi) is 10.1. The first-order valence-corrected chi connectivity index (χ1v) is 11.7. The first kappa shape index (κ1) is 28.5. The summed E-state index contributed by atoms with van der Waals surface area (Å²) < 4.78 is 16.2. The lowest BCUT2D eigenvalue weighted by Gasteiger charge is -2.18. The van der Waals surface area contributed by atoms with Gasteiger partial charge in [-0.3, -0.25) is 23.9 Å². The van der Waals surface area contributed by atoms with Crippen LogP contribution in [0.3, 0.4) is 0 Å². The Morgan fingerprint density at radius 2 is 1.55 bits per heavy atom. The van der Waals surface area contributed by atoms with Crippen LogP contribution in [-0.4, -0.2) is 55.5 Å². The first-order valence-electron chi connectivity index (χ1n) is 10.9. The maximum atomic E-state index is 12.1. The molecule has 38 heavy (non-hydrogen) atoms. The largest absolute Gasteiger partial charge is 0.460 e. The van der Waals surface area contributed by atoms with E-state index in [0.717, 1.165) is 16.7 Å². The molecule has 4 N–H and O–H groups in total. The number of aromatic amines is 1. The summed E-state index contributed by atoms with van der Waals surface area (Å²) in [6.45, 7) is -0.697. The smallest absolute Gasteiger partial charge is 0.332 e. The minimum atomic E-state index is -1.95. The number of esters is 2. The number of benzene rings is 2. The number of H-pyrrole nitrogens is 1. The van der Waals surface area contributed by atoms with Gasteiger partial charge >= 0.3 is 17.6 Å². The molecule has 3 aromatic rings. The van der Waals surface area contributed by atoms with E-state index >= 15 is 0 Å². The third-order valence-corrected chi connectivity index (χ3v) is 5.39. The Morgan fingerprint density at radius 1 is 0.947 bits per heavy atom. The van der Waals surface area contributed by atoms with Gasteiger partial charge in [0.15, 0.2) is 6.29 Å². The SMILES string of the molecule is O=C(CCC(=O)Oc1ccc(/C(=N/O)c2ccc(Br)cc2)cc1)OCC(O)OC(O)n1ccc(=O)[nH]c1=O. The van der Waals surface area contributed by atoms with Crippen molar-refractivity contribution in [3.63, 3.8) is 0 Å². The Labute approximate surface area is 222 Å². The summed E-state index contributed by atoms with van der Waals surface area (Å²) in [5.74, 6) is -1.37. The maximum Gasteiger partial charge on any atom is 0.332 e. The van der Waals surface area contributed by atoms with Gasteiger partial charge in [0.2, 0.25) is 6.41 Å². The Balaban J connectivity index is 1.42. The number of nitrogens with one attached hydrogen (secondary N) is 1. The zero-order chi connectivity index (χ0) is 27.7. The second kappa shape index (κ2) is 13.4. The molecule has 2 unspecified atom stereocenters. The molecule has 0 radical (unpaired) electrons. The lowest BCUT2D eigenvalue weighted by atomic mass is 10.0. The number of carbonyl (C=O) groups is 2. The van der Waals surface area contributed by atoms with Crippen LogP contribution in [0.15, 0.2) is 80.0 Å². The Morgan fingerprint density at radius 3 is 2.16 bits per heavy atom. The molecule has 2 aromatic carbocycles. The summed E-state index contributed by atoms with van der Waals surface area (Å²) in [6.07, 6.45) is -3.50. The van der Waals surface area contributed by atoms with E-state index in [2.05, 4.69) is 21.1 Å². The summed E-state index contributed by atoms with van der Waals surface area (Å²) in [5.41, 5.74) is -0.0919. The van der Waals surface area contributed by atoms with E-state index in [-0.39, 0.29) is 18.6 Å². The number of carbonyl (C=O) groups excluding carboxylic acids is 2. The first-order chi connectivity index (χ1) is 18.2. The van der Waals surface area contributed by atoms with Crippen LogP contribution in [0.1, 0.15) is 30.4 Å². The average molecular weight is 592 g/mol. The molecule has 13 nitrogen and oxygen atoms in total. The second-order valence-electron chi connectivity index (χ2n) is 7.57. The van der Waals surface area contributed by atoms with E-state index < -0.39 is 42.5 Å². The van der Waals surface area contributed by atoms with Gasteiger partial charge in [-0.1, -0.05) is 33.2 Å². The molecule has 2 atom stereocenters. The van der Waals surface area contributed by atoms with Crippen molar-refractivity contribution in [3.8, 4) is 5.75 Å². The second-order valence-corrected chi connectivity index (χ2v) is 8.49. The number of ether oxygens (including phenoxy) is 3. The highest BCUT2D eigenvalue weighted by Gasteiger charge is 2.18. The van der Waals surface area contributed by atoms with Crippen molar-refractivity contribution < 1.29 is 39.2 Å². The van der Waals surface area contributed by atoms with Crippen molar-refractivity contribution in [1.29, 1.82) is 0 Å². The van der Waals surface area contributed by atoms with Crippen molar-refractivity contribution in [2.24, 2.45) is 5.16 Å². The highest BCUT2D eigenvalue weighted by molar-refractivity contribution is 9.10. The highest BCUT2D eigenvalue weighted by Crippen LogP contribution is 2.18. The van der Waals surface area contributed by atoms with Crippen LogP contribution in [0, 0.1) is 0 Å². The lowest BCUT2D eigenvalue weighted by Crippen LogP contribution is -2.35. The van der Waals surface area contributed by atoms with Crippen molar-refractivity contribution in [2.45, 2.75) is 25.5 Å². The number of oxime groups is 1. The summed E-state index contributed by atoms with van der Waals surface area (Å²) in [5, 5.41) is 32.3. The van der Waals surface area contributed by atoms with E-state index in [1.54, 1.807) is 36.4 Å². The monoisotopic (exact) mass is 591 g/mol. The zero-order valence-electron chi connectivity index (χ0n) is 19.5. The van der Waals surface area contributed by atoms with Crippen molar-refractivity contribution >= 4 is 33.6 Å². The topological polar surface area (TPSA) is 190 Å². The average Bonchev–Trinajstić information content (AvgIpc) is 2.88. The number of aromatic nitrogens is 2. The molecule has 200 valence electrons. The van der Waals surface area contributed by atoms with Crippen LogP contribution in [0.2, 0.25) is 0 Å². The molecule has 14 heteroatoms. The van der Waals surface area contributed by atoms with Gasteiger partial charge in [0.25, 0.3) is 5.56 Å². The molecular formula is C24H22BrN3O10. The minimum Gasteiger partial charge on any atom is -0.460 e. The highest BCUT2D eigenvalue weighted by atomic mass is 79.9. The number of halogens is 1. The van der Waals surface area contributed by atoms with Crippen LogP contribution in [0.25, 0.3) is 0 Å². The Hall–Kier alpha value is -4.11. The van der Waals surface area contributed by atoms with Gasteiger partial charge < -0.3 is 29.6 Å². The number of hydrogen-bond acceptors (Lipinski definition) is 11. The van der Waals surface area contributed by atoms with E-state index in [1.807, 2.05) is 4.98 Å². The van der Waals surface area contributed by atoms with Gasteiger partial charge in [0, 0.05) is 27.9 Å². The third kappa shape index (κ3) is 8.21. The van der Waals surface area contributed by atoms with Gasteiger partial charge in [-0.15, -0.1) is 0 Å². The summed E-state index contributed by atoms with van der Waals surface area (Å²) in [7, 11) is 0. The minimum absolute atomic E-state index is 0.204. The molecule has 3 rings (SSSR count). The molecule has 0 bridgehead atoms. The van der Waals surface area contributed by atoms with Gasteiger partial charge in [-0.25, -0.2) is 4.79 Å². The normalized spacial score (nSPS) is 13.0. The van der Waals surface area contributed by atoms with E-state index in [9.17, 15) is 34.6 Å². The Bertz CT molecular complexity index is 1400. The fraction of sp³-hybridized carbons (Fsp3) is 0.208. The zero-order valence-corrected chi connectivity index (χ0v) is 21.1. The lowest BCUT2D eigenvalue weighted by molar-refractivity contribution is -0.256. The van der Waals surface area contributed by atoms with Crippen molar-refractivity contribution in [1.82, 2.24) is 9.55 Å². The molecule has 0 amide bonds. The van der Waals surface area contributed by atoms with Crippen LogP contribution in [-0.2, 0) is 19.1 Å². The predicted octanol–water partition coefficient (Wildman–Crippen LogP) is 1.24. The number of rotatable bonds is 11. The van der Waals surface area contributed by atoms with Gasteiger partial charge in [0.1, 0.15) is 18.1 Å². The molecule has 0 aliphatic heterocycles. The molecular weight excluding hydrogens is 570 g/mol. The van der Waals surface area contributed by atoms with Gasteiger partial charge in [-0.2, -0.15) is 0 Å². The fourth-order valence-corrected chi connectivity index (χ4v) is 3.30. The van der Waals surface area contributed by atoms with Crippen LogP contribution in [0.4, 0.5) is 0 Å². The van der Waals surface area contributed by atoms with Crippen molar-refractivity contribution in [2.75, 3.05) is 6.61 Å². The number of hydrogen-bond donors (Lipinski definition) is 4. The van der Waals surface area contributed by atoms with Crippen molar-refractivity contribution in [3.05, 3.63) is 97.2 Å². The predicted molar refractivity (Wildman–Crippen MR) is 134 cm³/mol. The molecule has 1 aromatic heterocycles. The van der Waals surface area contributed by atoms with Gasteiger partial charge in [0.05, 0.1) is 12.8 Å². The fourth-order valence-electron chi connectivity index (χ4n) is 3.04. The van der Waals surface area contributed by atoms with Crippen LogP contribution < -0.4 is 16.0 Å². The van der Waals surface area contributed by atoms with Gasteiger partial charge in [-0.05, 0) is 36.4 Å². The quantitative estimate of drug-likeness (QED) is 0.0630. The molecule has 0 aliphatic rings. The molecule has 0 saturated heterocycles. The number of aliphatic hydroxyl groups excluding tert-OH is 2. The molecule has 0 fully saturated rings. The molecule has 1 heterocycles. The summed E-state index contributed by atoms with van der Waals surface area (Å²) in [6, 6.07) is 14.3. The molecule has 0 spiro atoms.